The van der Waals surface area contributed by atoms with Gasteiger partial charge in [-0.3, -0.25) is 15.6 Å². The van der Waals surface area contributed by atoms with Crippen LogP contribution in [-0.2, 0) is 0 Å². The van der Waals surface area contributed by atoms with Crippen molar-refractivity contribution < 1.29 is 4.79 Å². The van der Waals surface area contributed by atoms with Crippen LogP contribution in [-0.4, -0.2) is 53.9 Å². The Hall–Kier alpha value is -1.66. The number of hydrogen-bond donors (Lipinski definition) is 2. The number of pyridine rings is 1. The Balaban J connectivity index is 2.18. The Bertz CT molecular complexity index is 488. The fourth-order valence-corrected chi connectivity index (χ4v) is 2.58. The van der Waals surface area contributed by atoms with Gasteiger partial charge in [0.2, 0.25) is 0 Å². The number of aryl methyl sites for hydroxylation is 1. The molecule has 1 aromatic heterocycles. The van der Waals surface area contributed by atoms with Gasteiger partial charge in [0, 0.05) is 31.0 Å². The van der Waals surface area contributed by atoms with E-state index in [2.05, 4.69) is 29.4 Å². The number of carbonyl (C=O) groups excluding carboxylic acids is 1. The highest BCUT2D eigenvalue weighted by molar-refractivity contribution is 5.99. The summed E-state index contributed by atoms with van der Waals surface area (Å²) in [6, 6.07) is 2.21. The van der Waals surface area contributed by atoms with Gasteiger partial charge in [-0.05, 0) is 39.9 Å². The molecule has 1 fully saturated rings. The van der Waals surface area contributed by atoms with Crippen molar-refractivity contribution in [1.29, 1.82) is 0 Å². The van der Waals surface area contributed by atoms with Crippen LogP contribution in [0.3, 0.4) is 0 Å². The Labute approximate surface area is 119 Å². The molecule has 2 rings (SSSR count). The summed E-state index contributed by atoms with van der Waals surface area (Å²) >= 11 is 0. The standard InChI is InChI=1S/C14H23N5O/c1-10-7-13(17-15)12(8-16-10)14(20)19-6-4-5-11(9-19)18(2)3/h7-8,11H,4-6,9,15H2,1-3H3,(H,16,17). The summed E-state index contributed by atoms with van der Waals surface area (Å²) in [5.74, 6) is 5.50. The smallest absolute Gasteiger partial charge is 0.257 e. The minimum Gasteiger partial charge on any atom is -0.337 e. The number of nitrogens with two attached hydrogens (primary N) is 1. The van der Waals surface area contributed by atoms with Gasteiger partial charge >= 0.3 is 0 Å². The molecule has 0 aromatic carbocycles. The number of nitrogens with zero attached hydrogens (tertiary/aromatic N) is 3. The zero-order chi connectivity index (χ0) is 14.7. The van der Waals surface area contributed by atoms with E-state index in [-0.39, 0.29) is 5.91 Å². The zero-order valence-corrected chi connectivity index (χ0v) is 12.4. The lowest BCUT2D eigenvalue weighted by Gasteiger charge is -2.36. The van der Waals surface area contributed by atoms with Crippen LogP contribution in [0.1, 0.15) is 28.9 Å². The minimum atomic E-state index is -0.00278. The van der Waals surface area contributed by atoms with Crippen LogP contribution >= 0.6 is 0 Å². The molecule has 1 aliphatic heterocycles. The summed E-state index contributed by atoms with van der Waals surface area (Å²) in [5, 5.41) is 0. The van der Waals surface area contributed by atoms with Crippen molar-refractivity contribution in [2.24, 2.45) is 5.84 Å². The predicted molar refractivity (Wildman–Crippen MR) is 79.4 cm³/mol. The molecule has 1 saturated heterocycles. The Morgan fingerprint density at radius 2 is 2.30 bits per heavy atom. The third-order valence-corrected chi connectivity index (χ3v) is 3.84. The van der Waals surface area contributed by atoms with Crippen LogP contribution in [0.5, 0.6) is 0 Å². The molecule has 6 nitrogen and oxygen atoms in total. The predicted octanol–water partition coefficient (Wildman–Crippen LogP) is 0.842. The van der Waals surface area contributed by atoms with Gasteiger partial charge in [-0.2, -0.15) is 0 Å². The number of nitrogens with one attached hydrogen (secondary N) is 1. The van der Waals surface area contributed by atoms with Crippen LogP contribution < -0.4 is 11.3 Å². The third-order valence-electron chi connectivity index (χ3n) is 3.84. The van der Waals surface area contributed by atoms with E-state index in [1.54, 1.807) is 12.3 Å². The molecule has 1 aromatic rings. The summed E-state index contributed by atoms with van der Waals surface area (Å²) in [4.78, 5) is 20.9. The number of nitrogen functional groups attached to an aromatic ring is 1. The van der Waals surface area contributed by atoms with E-state index in [1.807, 2.05) is 11.8 Å². The lowest BCUT2D eigenvalue weighted by molar-refractivity contribution is 0.0635. The number of rotatable bonds is 3. The number of carbonyl (C=O) groups is 1. The first-order chi connectivity index (χ1) is 9.52. The van der Waals surface area contributed by atoms with Crippen molar-refractivity contribution >= 4 is 11.6 Å². The van der Waals surface area contributed by atoms with Crippen molar-refractivity contribution in [3.63, 3.8) is 0 Å². The summed E-state index contributed by atoms with van der Waals surface area (Å²) in [7, 11) is 4.11. The van der Waals surface area contributed by atoms with Gasteiger partial charge in [0.1, 0.15) is 0 Å². The molecule has 0 saturated carbocycles. The molecule has 3 N–H and O–H groups in total. The fraction of sp³-hybridized carbons (Fsp3) is 0.571. The highest BCUT2D eigenvalue weighted by Crippen LogP contribution is 2.20. The number of amides is 1. The first-order valence-electron chi connectivity index (χ1n) is 6.92. The number of anilines is 1. The fourth-order valence-electron chi connectivity index (χ4n) is 2.58. The number of hydrazine groups is 1. The van der Waals surface area contributed by atoms with E-state index in [1.165, 1.54) is 0 Å². The molecule has 6 heteroatoms. The molecule has 1 amide bonds. The van der Waals surface area contributed by atoms with Gasteiger partial charge in [0.25, 0.3) is 5.91 Å². The lowest BCUT2D eigenvalue weighted by Crippen LogP contribution is -2.47. The van der Waals surface area contributed by atoms with Gasteiger partial charge in [-0.25, -0.2) is 0 Å². The Morgan fingerprint density at radius 1 is 1.55 bits per heavy atom. The van der Waals surface area contributed by atoms with Crippen molar-refractivity contribution in [2.75, 3.05) is 32.6 Å². The van der Waals surface area contributed by atoms with E-state index in [9.17, 15) is 4.79 Å². The van der Waals surface area contributed by atoms with Crippen molar-refractivity contribution in [3.05, 3.63) is 23.5 Å². The van der Waals surface area contributed by atoms with Gasteiger partial charge in [-0.1, -0.05) is 0 Å². The summed E-state index contributed by atoms with van der Waals surface area (Å²) < 4.78 is 0. The highest BCUT2D eigenvalue weighted by Gasteiger charge is 2.26. The Morgan fingerprint density at radius 3 is 2.95 bits per heavy atom. The molecule has 110 valence electrons. The largest absolute Gasteiger partial charge is 0.337 e. The van der Waals surface area contributed by atoms with Gasteiger partial charge in [0.05, 0.1) is 11.3 Å². The average Bonchev–Trinajstić information content (AvgIpc) is 2.46. The number of likely N-dealkylation sites (tertiary alicyclic amines) is 1. The molecule has 2 heterocycles. The summed E-state index contributed by atoms with van der Waals surface area (Å²) in [6.45, 7) is 3.42. The zero-order valence-electron chi connectivity index (χ0n) is 12.4. The SMILES string of the molecule is Cc1cc(NN)c(C(=O)N2CCCC(N(C)C)C2)cn1. The molecule has 0 radical (unpaired) electrons. The second kappa shape index (κ2) is 6.19. The van der Waals surface area contributed by atoms with Gasteiger partial charge in [0.15, 0.2) is 0 Å². The first-order valence-corrected chi connectivity index (χ1v) is 6.92. The average molecular weight is 277 g/mol. The van der Waals surface area contributed by atoms with Crippen LogP contribution in [0.25, 0.3) is 0 Å². The molecular weight excluding hydrogens is 254 g/mol. The first kappa shape index (κ1) is 14.7. The van der Waals surface area contributed by atoms with E-state index >= 15 is 0 Å². The minimum absolute atomic E-state index is 0.00278. The monoisotopic (exact) mass is 277 g/mol. The molecule has 0 spiro atoms. The molecule has 0 bridgehead atoms. The maximum absolute atomic E-state index is 12.6. The van der Waals surface area contributed by atoms with Gasteiger partial charge in [-0.15, -0.1) is 0 Å². The second-order valence-electron chi connectivity index (χ2n) is 5.53. The number of piperidine rings is 1. The van der Waals surface area contributed by atoms with Crippen LogP contribution in [0.2, 0.25) is 0 Å². The summed E-state index contributed by atoms with van der Waals surface area (Å²) in [5.41, 5.74) is 4.60. The second-order valence-corrected chi connectivity index (χ2v) is 5.53. The van der Waals surface area contributed by atoms with E-state index in [0.29, 0.717) is 17.3 Å². The summed E-state index contributed by atoms with van der Waals surface area (Å²) in [6.07, 6.45) is 3.76. The normalized spacial score (nSPS) is 19.2. The van der Waals surface area contributed by atoms with Crippen molar-refractivity contribution in [3.8, 4) is 0 Å². The number of likely N-dealkylation sites (N-methyl/N-ethyl adjacent to an activating group) is 1. The number of hydrogen-bond acceptors (Lipinski definition) is 5. The van der Waals surface area contributed by atoms with E-state index in [0.717, 1.165) is 31.6 Å². The molecule has 1 aliphatic rings. The maximum Gasteiger partial charge on any atom is 0.257 e. The molecular formula is C14H23N5O. The van der Waals surface area contributed by atoms with E-state index < -0.39 is 0 Å². The molecule has 1 unspecified atom stereocenters. The van der Waals surface area contributed by atoms with Crippen molar-refractivity contribution in [2.45, 2.75) is 25.8 Å². The highest BCUT2D eigenvalue weighted by atomic mass is 16.2. The van der Waals surface area contributed by atoms with E-state index in [4.69, 9.17) is 5.84 Å². The molecule has 20 heavy (non-hydrogen) atoms. The lowest BCUT2D eigenvalue weighted by atomic mass is 10.0. The quantitative estimate of drug-likeness (QED) is 0.632. The van der Waals surface area contributed by atoms with Gasteiger partial charge < -0.3 is 15.2 Å². The van der Waals surface area contributed by atoms with Crippen LogP contribution in [0.4, 0.5) is 5.69 Å². The molecule has 0 aliphatic carbocycles. The maximum atomic E-state index is 12.6. The van der Waals surface area contributed by atoms with Crippen LogP contribution in [0.15, 0.2) is 12.3 Å². The molecule has 1 atom stereocenters. The third kappa shape index (κ3) is 3.08. The van der Waals surface area contributed by atoms with Crippen molar-refractivity contribution in [1.82, 2.24) is 14.8 Å². The number of aromatic nitrogens is 1. The Kier molecular flexibility index (Phi) is 4.57. The van der Waals surface area contributed by atoms with Crippen LogP contribution in [0, 0.1) is 6.92 Å². The topological polar surface area (TPSA) is 74.5 Å².